The lowest BCUT2D eigenvalue weighted by Gasteiger charge is -2.01. The van der Waals surface area contributed by atoms with E-state index in [1.165, 1.54) is 5.57 Å². The van der Waals surface area contributed by atoms with Crippen molar-refractivity contribution in [3.05, 3.63) is 11.6 Å². The number of aliphatic hydroxyl groups is 1. The van der Waals surface area contributed by atoms with Gasteiger partial charge >= 0.3 is 0 Å². The lowest BCUT2D eigenvalue weighted by Crippen LogP contribution is -1.89. The summed E-state index contributed by atoms with van der Waals surface area (Å²) >= 11 is 0. The van der Waals surface area contributed by atoms with Crippen LogP contribution in [0.2, 0.25) is 0 Å². The number of hydrogen-bond donors (Lipinski definition) is 1. The molecule has 0 unspecified atom stereocenters. The molecule has 8 heavy (non-hydrogen) atoms. The van der Waals surface area contributed by atoms with Gasteiger partial charge < -0.3 is 5.11 Å². The van der Waals surface area contributed by atoms with Gasteiger partial charge in [0, 0.05) is 0 Å². The minimum absolute atomic E-state index is 0.171. The van der Waals surface area contributed by atoms with Gasteiger partial charge in [0.1, 0.15) is 0 Å². The van der Waals surface area contributed by atoms with Crippen molar-refractivity contribution in [1.29, 1.82) is 0 Å². The molecule has 48 valence electrons. The molecule has 0 bridgehead atoms. The minimum Gasteiger partial charge on any atom is -0.392 e. The maximum absolute atomic E-state index is 8.41. The molecule has 0 aromatic rings. The van der Waals surface area contributed by atoms with Crippen LogP contribution in [0, 0.1) is 5.92 Å². The van der Waals surface area contributed by atoms with Crippen molar-refractivity contribution < 1.29 is 5.11 Å². The third kappa shape index (κ3) is 2.80. The first-order valence-corrected chi connectivity index (χ1v) is 2.96. The zero-order valence-electron chi connectivity index (χ0n) is 5.81. The Balaban J connectivity index is 3.61. The maximum atomic E-state index is 8.41. The molecule has 0 rings (SSSR count). The second kappa shape index (κ2) is 3.67. The summed E-state index contributed by atoms with van der Waals surface area (Å²) in [4.78, 5) is 0. The van der Waals surface area contributed by atoms with Crippen LogP contribution < -0.4 is 0 Å². The van der Waals surface area contributed by atoms with Crippen LogP contribution in [0.4, 0.5) is 0 Å². The predicted octanol–water partition coefficient (Wildman–Crippen LogP) is 1.58. The van der Waals surface area contributed by atoms with E-state index < -0.39 is 0 Å². The van der Waals surface area contributed by atoms with Gasteiger partial charge in [-0.25, -0.2) is 0 Å². The van der Waals surface area contributed by atoms with E-state index in [1.54, 1.807) is 0 Å². The van der Waals surface area contributed by atoms with Crippen molar-refractivity contribution in [1.82, 2.24) is 0 Å². The Labute approximate surface area is 51.0 Å². The second-order valence-electron chi connectivity index (χ2n) is 2.29. The summed E-state index contributed by atoms with van der Waals surface area (Å²) in [5, 5.41) is 8.41. The fourth-order valence-electron chi connectivity index (χ4n) is 0.380. The molecular formula is C7H14O. The van der Waals surface area contributed by atoms with E-state index >= 15 is 0 Å². The topological polar surface area (TPSA) is 20.2 Å². The summed E-state index contributed by atoms with van der Waals surface area (Å²) in [6.45, 7) is 6.42. The Morgan fingerprint density at radius 1 is 1.62 bits per heavy atom. The molecular weight excluding hydrogens is 100 g/mol. The van der Waals surface area contributed by atoms with Gasteiger partial charge in [0.2, 0.25) is 0 Å². The van der Waals surface area contributed by atoms with Gasteiger partial charge in [0.05, 0.1) is 6.61 Å². The van der Waals surface area contributed by atoms with Crippen LogP contribution in [0.3, 0.4) is 0 Å². The zero-order valence-corrected chi connectivity index (χ0v) is 5.81. The first-order chi connectivity index (χ1) is 3.68. The molecule has 0 spiro atoms. The Morgan fingerprint density at radius 2 is 2.12 bits per heavy atom. The number of allylic oxidation sites excluding steroid dienone is 1. The van der Waals surface area contributed by atoms with Gasteiger partial charge in [-0.1, -0.05) is 25.5 Å². The number of hydrogen-bond acceptors (Lipinski definition) is 1. The molecule has 0 radical (unpaired) electrons. The Hall–Kier alpha value is -0.300. The molecule has 0 saturated heterocycles. The lowest BCUT2D eigenvalue weighted by molar-refractivity contribution is 0.341. The van der Waals surface area contributed by atoms with Crippen molar-refractivity contribution in [2.24, 2.45) is 5.92 Å². The number of aliphatic hydroxyl groups excluding tert-OH is 1. The molecule has 0 heterocycles. The normalized spacial score (nSPS) is 12.9. The molecule has 0 fully saturated rings. The Morgan fingerprint density at radius 3 is 2.25 bits per heavy atom. The third-order valence-electron chi connectivity index (χ3n) is 1.32. The maximum Gasteiger partial charge on any atom is 0.0615 e. The highest BCUT2D eigenvalue weighted by molar-refractivity contribution is 5.00. The molecule has 0 atom stereocenters. The van der Waals surface area contributed by atoms with E-state index in [1.807, 2.05) is 13.0 Å². The van der Waals surface area contributed by atoms with Gasteiger partial charge in [0.15, 0.2) is 0 Å². The molecule has 0 aliphatic heterocycles. The average molecular weight is 114 g/mol. The fraction of sp³-hybridized carbons (Fsp3) is 0.714. The summed E-state index contributed by atoms with van der Waals surface area (Å²) in [5.74, 6) is 0.571. The van der Waals surface area contributed by atoms with E-state index in [9.17, 15) is 0 Å². The van der Waals surface area contributed by atoms with E-state index in [-0.39, 0.29) is 6.61 Å². The van der Waals surface area contributed by atoms with Crippen LogP contribution in [0.15, 0.2) is 11.6 Å². The van der Waals surface area contributed by atoms with E-state index in [0.717, 1.165) is 0 Å². The van der Waals surface area contributed by atoms with E-state index in [2.05, 4.69) is 13.8 Å². The van der Waals surface area contributed by atoms with Gasteiger partial charge in [-0.15, -0.1) is 0 Å². The van der Waals surface area contributed by atoms with Gasteiger partial charge in [-0.2, -0.15) is 0 Å². The van der Waals surface area contributed by atoms with Gasteiger partial charge in [-0.3, -0.25) is 0 Å². The quantitative estimate of drug-likeness (QED) is 0.540. The summed E-state index contributed by atoms with van der Waals surface area (Å²) in [7, 11) is 0. The molecule has 0 aliphatic rings. The van der Waals surface area contributed by atoms with Crippen LogP contribution in [-0.4, -0.2) is 11.7 Å². The summed E-state index contributed by atoms with van der Waals surface area (Å²) in [6.07, 6.45) is 1.84. The van der Waals surface area contributed by atoms with Gasteiger partial charge in [-0.05, 0) is 12.8 Å². The summed E-state index contributed by atoms with van der Waals surface area (Å²) in [6, 6.07) is 0. The predicted molar refractivity (Wildman–Crippen MR) is 35.7 cm³/mol. The first-order valence-electron chi connectivity index (χ1n) is 2.96. The lowest BCUT2D eigenvalue weighted by atomic mass is 10.1. The van der Waals surface area contributed by atoms with Crippen molar-refractivity contribution in [3.63, 3.8) is 0 Å². The van der Waals surface area contributed by atoms with Crippen molar-refractivity contribution in [3.8, 4) is 0 Å². The summed E-state index contributed by atoms with van der Waals surface area (Å²) in [5.41, 5.74) is 1.26. The van der Waals surface area contributed by atoms with Crippen molar-refractivity contribution in [2.45, 2.75) is 20.8 Å². The third-order valence-corrected chi connectivity index (χ3v) is 1.32. The summed E-state index contributed by atoms with van der Waals surface area (Å²) < 4.78 is 0. The molecule has 0 aromatic heterocycles. The van der Waals surface area contributed by atoms with Crippen LogP contribution >= 0.6 is 0 Å². The molecule has 0 amide bonds. The average Bonchev–Trinajstić information content (AvgIpc) is 1.67. The highest BCUT2D eigenvalue weighted by Gasteiger charge is 1.92. The van der Waals surface area contributed by atoms with Crippen LogP contribution in [0.25, 0.3) is 0 Å². The highest BCUT2D eigenvalue weighted by atomic mass is 16.2. The first kappa shape index (κ1) is 7.70. The van der Waals surface area contributed by atoms with Gasteiger partial charge in [0.25, 0.3) is 0 Å². The van der Waals surface area contributed by atoms with Crippen LogP contribution in [0.1, 0.15) is 20.8 Å². The molecule has 0 aliphatic carbocycles. The Kier molecular flexibility index (Phi) is 3.53. The van der Waals surface area contributed by atoms with Crippen molar-refractivity contribution >= 4 is 0 Å². The standard InChI is InChI=1S/C7H14O/c1-6(2)7(3)4-5-8/h4,6,8H,5H2,1-3H3. The second-order valence-corrected chi connectivity index (χ2v) is 2.29. The molecule has 1 heteroatoms. The molecule has 1 N–H and O–H groups in total. The zero-order chi connectivity index (χ0) is 6.57. The monoisotopic (exact) mass is 114 g/mol. The van der Waals surface area contributed by atoms with E-state index in [4.69, 9.17) is 5.11 Å². The smallest absolute Gasteiger partial charge is 0.0615 e. The molecule has 0 aromatic carbocycles. The molecule has 1 nitrogen and oxygen atoms in total. The Bertz CT molecular complexity index is 82.4. The SMILES string of the molecule is CC(=CCO)C(C)C. The van der Waals surface area contributed by atoms with Crippen LogP contribution in [0.5, 0.6) is 0 Å². The highest BCUT2D eigenvalue weighted by Crippen LogP contribution is 2.05. The molecule has 0 saturated carbocycles. The van der Waals surface area contributed by atoms with Crippen molar-refractivity contribution in [2.75, 3.05) is 6.61 Å². The van der Waals surface area contributed by atoms with E-state index in [0.29, 0.717) is 5.92 Å². The fourth-order valence-corrected chi connectivity index (χ4v) is 0.380. The van der Waals surface area contributed by atoms with Crippen LogP contribution in [-0.2, 0) is 0 Å². The number of rotatable bonds is 2. The minimum atomic E-state index is 0.171. The largest absolute Gasteiger partial charge is 0.392 e.